The molecule has 1 rings (SSSR count). The molecule has 0 amide bonds. The van der Waals surface area contributed by atoms with E-state index in [1.807, 2.05) is 18.2 Å². The molecule has 22 heavy (non-hydrogen) atoms. The highest BCUT2D eigenvalue weighted by molar-refractivity contribution is 5.26. The van der Waals surface area contributed by atoms with E-state index >= 15 is 0 Å². The van der Waals surface area contributed by atoms with Crippen molar-refractivity contribution >= 4 is 0 Å². The highest BCUT2D eigenvalue weighted by Gasteiger charge is 2.22. The molecule has 0 saturated heterocycles. The monoisotopic (exact) mass is 308 g/mol. The van der Waals surface area contributed by atoms with Crippen LogP contribution in [-0.2, 0) is 22.6 Å². The van der Waals surface area contributed by atoms with Crippen LogP contribution >= 0.6 is 0 Å². The van der Waals surface area contributed by atoms with Crippen LogP contribution in [0, 0.1) is 10.8 Å². The molecule has 0 heterocycles. The summed E-state index contributed by atoms with van der Waals surface area (Å²) in [7, 11) is 0. The van der Waals surface area contributed by atoms with E-state index in [-0.39, 0.29) is 10.8 Å². The zero-order valence-corrected chi connectivity index (χ0v) is 14.5. The Hall–Kier alpha value is -0.940. The van der Waals surface area contributed by atoms with E-state index in [0.717, 1.165) is 11.1 Å². The Bertz CT molecular complexity index is 444. The molecule has 126 valence electrons. The maximum absolute atomic E-state index is 5.88. The average Bonchev–Trinajstić information content (AvgIpc) is 2.47. The molecule has 0 aromatic heterocycles. The van der Waals surface area contributed by atoms with Crippen molar-refractivity contribution in [2.75, 3.05) is 26.4 Å². The van der Waals surface area contributed by atoms with Crippen molar-refractivity contribution in [2.45, 2.75) is 40.8 Å². The molecule has 0 bridgehead atoms. The lowest BCUT2D eigenvalue weighted by Crippen LogP contribution is -2.32. The molecule has 0 fully saturated rings. The maximum atomic E-state index is 5.88. The van der Waals surface area contributed by atoms with E-state index in [9.17, 15) is 0 Å². The predicted molar refractivity (Wildman–Crippen MR) is 91.4 cm³/mol. The molecule has 0 radical (unpaired) electrons. The van der Waals surface area contributed by atoms with Crippen molar-refractivity contribution in [2.24, 2.45) is 22.3 Å². The minimum absolute atomic E-state index is 0.0248. The van der Waals surface area contributed by atoms with Crippen LogP contribution in [0.25, 0.3) is 0 Å². The maximum Gasteiger partial charge on any atom is 0.0720 e. The summed E-state index contributed by atoms with van der Waals surface area (Å²) >= 11 is 0. The molecule has 1 aromatic carbocycles. The predicted octanol–water partition coefficient (Wildman–Crippen LogP) is 2.69. The van der Waals surface area contributed by atoms with Gasteiger partial charge in [-0.25, -0.2) is 0 Å². The van der Waals surface area contributed by atoms with Crippen LogP contribution in [-0.4, -0.2) is 26.4 Å². The van der Waals surface area contributed by atoms with Gasteiger partial charge in [0.25, 0.3) is 0 Å². The van der Waals surface area contributed by atoms with Crippen molar-refractivity contribution in [3.8, 4) is 0 Å². The van der Waals surface area contributed by atoms with Gasteiger partial charge >= 0.3 is 0 Å². The summed E-state index contributed by atoms with van der Waals surface area (Å²) in [5, 5.41) is 0. The van der Waals surface area contributed by atoms with Crippen LogP contribution in [0.1, 0.15) is 38.8 Å². The Balaban J connectivity index is 2.36. The van der Waals surface area contributed by atoms with E-state index in [1.165, 1.54) is 0 Å². The SMILES string of the molecule is CC(C)(CN)COCC(C)(C)COCc1ccccc1CN. The normalized spacial score (nSPS) is 12.6. The number of hydrogen-bond donors (Lipinski definition) is 2. The highest BCUT2D eigenvalue weighted by Crippen LogP contribution is 2.20. The van der Waals surface area contributed by atoms with Gasteiger partial charge in [0, 0.05) is 17.4 Å². The van der Waals surface area contributed by atoms with Crippen LogP contribution in [0.4, 0.5) is 0 Å². The summed E-state index contributed by atoms with van der Waals surface area (Å²) in [6.45, 7) is 12.3. The third-order valence-electron chi connectivity index (χ3n) is 3.63. The second kappa shape index (κ2) is 8.63. The summed E-state index contributed by atoms with van der Waals surface area (Å²) in [5.41, 5.74) is 13.8. The minimum Gasteiger partial charge on any atom is -0.380 e. The molecular weight excluding hydrogens is 276 g/mol. The number of nitrogens with two attached hydrogens (primary N) is 2. The molecule has 0 atom stereocenters. The first-order valence-electron chi connectivity index (χ1n) is 7.92. The fourth-order valence-electron chi connectivity index (χ4n) is 2.04. The van der Waals surface area contributed by atoms with E-state index in [2.05, 4.69) is 33.8 Å². The van der Waals surface area contributed by atoms with Gasteiger partial charge in [-0.3, -0.25) is 0 Å². The van der Waals surface area contributed by atoms with E-state index in [1.54, 1.807) is 0 Å². The van der Waals surface area contributed by atoms with Gasteiger partial charge in [0.05, 0.1) is 26.4 Å². The molecule has 0 saturated carbocycles. The first-order valence-corrected chi connectivity index (χ1v) is 7.92. The standard InChI is InChI=1S/C18H32N2O2/c1-17(2,11-20)12-22-14-18(3,4)13-21-10-16-8-6-5-7-15(16)9-19/h5-8H,9-14,19-20H2,1-4H3. The Morgan fingerprint density at radius 2 is 1.36 bits per heavy atom. The van der Waals surface area contributed by atoms with E-state index in [4.69, 9.17) is 20.9 Å². The number of hydrogen-bond acceptors (Lipinski definition) is 4. The second-order valence-electron chi connectivity index (χ2n) is 7.49. The lowest BCUT2D eigenvalue weighted by atomic mass is 9.94. The molecule has 0 unspecified atom stereocenters. The Morgan fingerprint density at radius 3 is 1.95 bits per heavy atom. The molecule has 4 heteroatoms. The fraction of sp³-hybridized carbons (Fsp3) is 0.667. The zero-order chi connectivity index (χ0) is 16.6. The van der Waals surface area contributed by atoms with Gasteiger partial charge in [-0.05, 0) is 17.7 Å². The molecule has 4 N–H and O–H groups in total. The van der Waals surface area contributed by atoms with Gasteiger partial charge in [0.1, 0.15) is 0 Å². The lowest BCUT2D eigenvalue weighted by Gasteiger charge is -2.28. The summed E-state index contributed by atoms with van der Waals surface area (Å²) in [6.07, 6.45) is 0. The van der Waals surface area contributed by atoms with Gasteiger partial charge in [0.2, 0.25) is 0 Å². The molecule has 0 spiro atoms. The number of rotatable bonds is 10. The van der Waals surface area contributed by atoms with Crippen molar-refractivity contribution in [1.29, 1.82) is 0 Å². The number of benzene rings is 1. The third-order valence-corrected chi connectivity index (χ3v) is 3.63. The van der Waals surface area contributed by atoms with Crippen LogP contribution in [0.2, 0.25) is 0 Å². The fourth-order valence-corrected chi connectivity index (χ4v) is 2.04. The minimum atomic E-state index is -0.0255. The van der Waals surface area contributed by atoms with Crippen LogP contribution in [0.5, 0.6) is 0 Å². The first kappa shape index (κ1) is 19.1. The summed E-state index contributed by atoms with van der Waals surface area (Å²) < 4.78 is 11.7. The van der Waals surface area contributed by atoms with Gasteiger partial charge in [-0.1, -0.05) is 52.0 Å². The van der Waals surface area contributed by atoms with Gasteiger partial charge in [-0.15, -0.1) is 0 Å². The van der Waals surface area contributed by atoms with Crippen molar-refractivity contribution in [3.05, 3.63) is 35.4 Å². The topological polar surface area (TPSA) is 70.5 Å². The Morgan fingerprint density at radius 1 is 0.818 bits per heavy atom. The smallest absolute Gasteiger partial charge is 0.0720 e. The average molecular weight is 308 g/mol. The summed E-state index contributed by atoms with van der Waals surface area (Å²) in [4.78, 5) is 0. The quantitative estimate of drug-likeness (QED) is 0.697. The molecule has 0 aliphatic carbocycles. The highest BCUT2D eigenvalue weighted by atomic mass is 16.5. The molecule has 0 aliphatic heterocycles. The summed E-state index contributed by atoms with van der Waals surface area (Å²) in [6, 6.07) is 8.13. The summed E-state index contributed by atoms with van der Waals surface area (Å²) in [5.74, 6) is 0. The van der Waals surface area contributed by atoms with Gasteiger partial charge in [-0.2, -0.15) is 0 Å². The zero-order valence-electron chi connectivity index (χ0n) is 14.5. The molecule has 1 aromatic rings. The van der Waals surface area contributed by atoms with Crippen LogP contribution < -0.4 is 11.5 Å². The molecule has 4 nitrogen and oxygen atoms in total. The van der Waals surface area contributed by atoms with Crippen molar-refractivity contribution in [3.63, 3.8) is 0 Å². The van der Waals surface area contributed by atoms with Gasteiger partial charge < -0.3 is 20.9 Å². The molecular formula is C18H32N2O2. The van der Waals surface area contributed by atoms with E-state index in [0.29, 0.717) is 39.5 Å². The van der Waals surface area contributed by atoms with Crippen molar-refractivity contribution in [1.82, 2.24) is 0 Å². The first-order chi connectivity index (χ1) is 10.3. The van der Waals surface area contributed by atoms with Crippen molar-refractivity contribution < 1.29 is 9.47 Å². The third kappa shape index (κ3) is 6.88. The Labute approximate surface area is 135 Å². The molecule has 0 aliphatic rings. The number of ether oxygens (including phenoxy) is 2. The van der Waals surface area contributed by atoms with Crippen LogP contribution in [0.15, 0.2) is 24.3 Å². The largest absolute Gasteiger partial charge is 0.380 e. The van der Waals surface area contributed by atoms with Gasteiger partial charge in [0.15, 0.2) is 0 Å². The second-order valence-corrected chi connectivity index (χ2v) is 7.49. The Kier molecular flexibility index (Phi) is 7.49. The van der Waals surface area contributed by atoms with Crippen LogP contribution in [0.3, 0.4) is 0 Å². The van der Waals surface area contributed by atoms with E-state index < -0.39 is 0 Å². The lowest BCUT2D eigenvalue weighted by molar-refractivity contribution is -0.0278.